The molecule has 3 heterocycles. The number of halogens is 3. The number of alkyl halides is 3. The van der Waals surface area contributed by atoms with Crippen LogP contribution in [0.4, 0.5) is 13.2 Å². The zero-order valence-electron chi connectivity index (χ0n) is 16.5. The van der Waals surface area contributed by atoms with Gasteiger partial charge >= 0.3 is 6.18 Å². The predicted octanol–water partition coefficient (Wildman–Crippen LogP) is 3.43. The molecule has 0 radical (unpaired) electrons. The first-order chi connectivity index (χ1) is 14.9. The molecule has 162 valence electrons. The number of nitrogens with zero attached hydrogens (tertiary/aromatic N) is 4. The molecule has 31 heavy (non-hydrogen) atoms. The monoisotopic (exact) mass is 431 g/mol. The van der Waals surface area contributed by atoms with Crippen LogP contribution in [0.15, 0.2) is 53.3 Å². The minimum absolute atomic E-state index is 0.0339. The van der Waals surface area contributed by atoms with Crippen molar-refractivity contribution in [2.24, 2.45) is 0 Å². The zero-order chi connectivity index (χ0) is 21.8. The molecule has 7 nitrogen and oxygen atoms in total. The molecule has 0 saturated carbocycles. The molecule has 1 N–H and O–H groups in total. The minimum atomic E-state index is -4.40. The van der Waals surface area contributed by atoms with Crippen LogP contribution in [0.25, 0.3) is 11.4 Å². The van der Waals surface area contributed by atoms with Crippen LogP contribution in [-0.4, -0.2) is 38.5 Å². The molecule has 1 unspecified atom stereocenters. The van der Waals surface area contributed by atoms with Gasteiger partial charge in [-0.2, -0.15) is 18.2 Å². The highest BCUT2D eigenvalue weighted by molar-refractivity contribution is 5.78. The molecule has 1 aliphatic heterocycles. The average molecular weight is 431 g/mol. The Bertz CT molecular complexity index is 1020. The van der Waals surface area contributed by atoms with E-state index in [-0.39, 0.29) is 17.8 Å². The van der Waals surface area contributed by atoms with Crippen molar-refractivity contribution < 1.29 is 22.5 Å². The second kappa shape index (κ2) is 8.84. The van der Waals surface area contributed by atoms with Gasteiger partial charge in [0.05, 0.1) is 12.1 Å². The average Bonchev–Trinajstić information content (AvgIpc) is 3.37. The normalized spacial score (nSPS) is 16.6. The number of amides is 1. The third-order valence-electron chi connectivity index (χ3n) is 5.02. The third kappa shape index (κ3) is 5.46. The van der Waals surface area contributed by atoms with Gasteiger partial charge in [-0.25, -0.2) is 0 Å². The van der Waals surface area contributed by atoms with Gasteiger partial charge in [-0.15, -0.1) is 0 Å². The zero-order valence-corrected chi connectivity index (χ0v) is 16.5. The van der Waals surface area contributed by atoms with E-state index in [0.29, 0.717) is 37.5 Å². The number of hydrogen-bond donors (Lipinski definition) is 1. The van der Waals surface area contributed by atoms with E-state index >= 15 is 0 Å². The van der Waals surface area contributed by atoms with E-state index in [1.165, 1.54) is 12.1 Å². The molecule has 0 bridgehead atoms. The van der Waals surface area contributed by atoms with Crippen molar-refractivity contribution in [2.75, 3.05) is 6.54 Å². The second-order valence-corrected chi connectivity index (χ2v) is 7.42. The Kier molecular flexibility index (Phi) is 5.99. The van der Waals surface area contributed by atoms with E-state index in [1.807, 2.05) is 12.1 Å². The van der Waals surface area contributed by atoms with Crippen LogP contribution in [0.3, 0.4) is 0 Å². The number of hydrogen-bond acceptors (Lipinski definition) is 6. The Morgan fingerprint density at radius 3 is 2.48 bits per heavy atom. The lowest BCUT2D eigenvalue weighted by molar-refractivity contribution is -0.137. The highest BCUT2D eigenvalue weighted by Crippen LogP contribution is 2.30. The van der Waals surface area contributed by atoms with Crippen molar-refractivity contribution in [1.82, 2.24) is 25.3 Å². The number of aromatic nitrogens is 3. The number of benzene rings is 1. The highest BCUT2D eigenvalue weighted by atomic mass is 19.4. The number of rotatable bonds is 7. The molecule has 10 heteroatoms. The fourth-order valence-corrected chi connectivity index (χ4v) is 3.49. The molecule has 0 spiro atoms. The SMILES string of the molecule is O=C1CCC(CN(Cc2ccncc2)Cc2nc(-c3ccc(C(F)(F)F)cc3)no2)N1. The maximum atomic E-state index is 12.8. The summed E-state index contributed by atoms with van der Waals surface area (Å²) in [7, 11) is 0. The largest absolute Gasteiger partial charge is 0.416 e. The lowest BCUT2D eigenvalue weighted by Crippen LogP contribution is -2.38. The fourth-order valence-electron chi connectivity index (χ4n) is 3.49. The summed E-state index contributed by atoms with van der Waals surface area (Å²) < 4.78 is 43.6. The molecule has 3 aromatic rings. The summed E-state index contributed by atoms with van der Waals surface area (Å²) in [5, 5.41) is 6.86. The molecule has 4 rings (SSSR count). The maximum Gasteiger partial charge on any atom is 0.416 e. The molecule has 1 fully saturated rings. The first-order valence-electron chi connectivity index (χ1n) is 9.77. The molecule has 2 aromatic heterocycles. The summed E-state index contributed by atoms with van der Waals surface area (Å²) >= 11 is 0. The first kappa shape index (κ1) is 21.0. The van der Waals surface area contributed by atoms with Crippen LogP contribution in [-0.2, 0) is 24.1 Å². The van der Waals surface area contributed by atoms with Crippen molar-refractivity contribution >= 4 is 5.91 Å². The van der Waals surface area contributed by atoms with Gasteiger partial charge in [0, 0.05) is 43.5 Å². The molecule has 1 atom stereocenters. The van der Waals surface area contributed by atoms with Gasteiger partial charge in [0.25, 0.3) is 0 Å². The lowest BCUT2D eigenvalue weighted by atomic mass is 10.1. The van der Waals surface area contributed by atoms with Gasteiger partial charge < -0.3 is 9.84 Å². The van der Waals surface area contributed by atoms with E-state index in [9.17, 15) is 18.0 Å². The molecule has 1 saturated heterocycles. The van der Waals surface area contributed by atoms with E-state index in [1.54, 1.807) is 12.4 Å². The van der Waals surface area contributed by atoms with Gasteiger partial charge in [-0.05, 0) is 36.2 Å². The van der Waals surface area contributed by atoms with Gasteiger partial charge in [-0.3, -0.25) is 14.7 Å². The lowest BCUT2D eigenvalue weighted by Gasteiger charge is -2.24. The summed E-state index contributed by atoms with van der Waals surface area (Å²) in [6.07, 6.45) is 0.281. The summed E-state index contributed by atoms with van der Waals surface area (Å²) in [6, 6.07) is 8.46. The summed E-state index contributed by atoms with van der Waals surface area (Å²) in [5.74, 6) is 0.603. The topological polar surface area (TPSA) is 84.2 Å². The van der Waals surface area contributed by atoms with Crippen LogP contribution in [0.2, 0.25) is 0 Å². The van der Waals surface area contributed by atoms with Gasteiger partial charge in [0.1, 0.15) is 0 Å². The predicted molar refractivity (Wildman–Crippen MR) is 104 cm³/mol. The molecular formula is C21H20F3N5O2. The fraction of sp³-hybridized carbons (Fsp3) is 0.333. The Balaban J connectivity index is 1.47. The van der Waals surface area contributed by atoms with Crippen molar-refractivity contribution in [3.8, 4) is 11.4 Å². The van der Waals surface area contributed by atoms with Crippen LogP contribution < -0.4 is 5.32 Å². The Morgan fingerprint density at radius 2 is 1.84 bits per heavy atom. The first-order valence-corrected chi connectivity index (χ1v) is 9.77. The number of carbonyl (C=O) groups excluding carboxylic acids is 1. The third-order valence-corrected chi connectivity index (χ3v) is 5.02. The van der Waals surface area contributed by atoms with E-state index in [2.05, 4.69) is 25.3 Å². The Morgan fingerprint density at radius 1 is 1.10 bits per heavy atom. The van der Waals surface area contributed by atoms with E-state index in [4.69, 9.17) is 4.52 Å². The number of pyridine rings is 1. The van der Waals surface area contributed by atoms with Gasteiger partial charge in [0.2, 0.25) is 17.6 Å². The van der Waals surface area contributed by atoms with Gasteiger partial charge in [-0.1, -0.05) is 17.3 Å². The second-order valence-electron chi connectivity index (χ2n) is 7.42. The van der Waals surface area contributed by atoms with Crippen molar-refractivity contribution in [2.45, 2.75) is 38.1 Å². The number of carbonyl (C=O) groups is 1. The summed E-state index contributed by atoms with van der Waals surface area (Å²) in [4.78, 5) is 22.0. The van der Waals surface area contributed by atoms with Crippen LogP contribution in [0.5, 0.6) is 0 Å². The summed E-state index contributed by atoms with van der Waals surface area (Å²) in [5.41, 5.74) is 0.746. The van der Waals surface area contributed by atoms with Crippen LogP contribution in [0.1, 0.15) is 29.9 Å². The maximum absolute atomic E-state index is 12.8. The molecular weight excluding hydrogens is 411 g/mol. The Labute approximate surface area is 176 Å². The molecule has 1 aromatic carbocycles. The highest BCUT2D eigenvalue weighted by Gasteiger charge is 2.30. The van der Waals surface area contributed by atoms with E-state index in [0.717, 1.165) is 24.1 Å². The van der Waals surface area contributed by atoms with Crippen LogP contribution >= 0.6 is 0 Å². The Hall–Kier alpha value is -3.27. The number of nitrogens with one attached hydrogen (secondary N) is 1. The van der Waals surface area contributed by atoms with Crippen molar-refractivity contribution in [3.05, 3.63) is 65.8 Å². The summed E-state index contributed by atoms with van der Waals surface area (Å²) in [6.45, 7) is 1.53. The van der Waals surface area contributed by atoms with Crippen molar-refractivity contribution in [3.63, 3.8) is 0 Å². The molecule has 0 aliphatic carbocycles. The van der Waals surface area contributed by atoms with Crippen LogP contribution in [0, 0.1) is 0 Å². The van der Waals surface area contributed by atoms with Crippen molar-refractivity contribution in [1.29, 1.82) is 0 Å². The molecule has 1 amide bonds. The quantitative estimate of drug-likeness (QED) is 0.617. The smallest absolute Gasteiger partial charge is 0.352 e. The van der Waals surface area contributed by atoms with Gasteiger partial charge in [0.15, 0.2) is 0 Å². The van der Waals surface area contributed by atoms with E-state index < -0.39 is 11.7 Å². The minimum Gasteiger partial charge on any atom is -0.352 e. The molecule has 1 aliphatic rings. The standard InChI is InChI=1S/C21H20F3N5O2/c22-21(23,24)16-3-1-15(2-4-16)20-27-19(31-28-20)13-29(11-14-7-9-25-10-8-14)12-17-5-6-18(30)26-17/h1-4,7-10,17H,5-6,11-13H2,(H,26,30).